The van der Waals surface area contributed by atoms with Crippen LogP contribution in [0.5, 0.6) is 0 Å². The number of hydrogen-bond donors (Lipinski definition) is 0. The summed E-state index contributed by atoms with van der Waals surface area (Å²) in [5.74, 6) is 0. The third-order valence-electron chi connectivity index (χ3n) is 9.28. The zero-order chi connectivity index (χ0) is 31.9. The first-order chi connectivity index (χ1) is 23.8. The summed E-state index contributed by atoms with van der Waals surface area (Å²) in [6.07, 6.45) is 0. The van der Waals surface area contributed by atoms with Crippen molar-refractivity contribution >= 4 is 49.8 Å². The van der Waals surface area contributed by atoms with Gasteiger partial charge in [-0.2, -0.15) is 0 Å². The average molecular weight is 614 g/mol. The summed E-state index contributed by atoms with van der Waals surface area (Å²) >= 11 is 0. The molecule has 0 aliphatic carbocycles. The Morgan fingerprint density at radius 3 is 1.67 bits per heavy atom. The van der Waals surface area contributed by atoms with Gasteiger partial charge in [-0.3, -0.25) is 0 Å². The van der Waals surface area contributed by atoms with Gasteiger partial charge in [0.1, 0.15) is 11.2 Å². The van der Waals surface area contributed by atoms with E-state index in [0.29, 0.717) is 0 Å². The molecule has 0 radical (unpaired) electrons. The van der Waals surface area contributed by atoms with Crippen LogP contribution < -0.4 is 4.90 Å². The lowest BCUT2D eigenvalue weighted by Gasteiger charge is -2.27. The molecule has 0 atom stereocenters. The molecule has 0 N–H and O–H groups in total. The maximum absolute atomic E-state index is 6.37. The van der Waals surface area contributed by atoms with E-state index in [-0.39, 0.29) is 0 Å². The first kappa shape index (κ1) is 27.9. The van der Waals surface area contributed by atoms with Crippen LogP contribution in [-0.2, 0) is 0 Å². The fraction of sp³-hybridized carbons (Fsp3) is 0. The quantitative estimate of drug-likeness (QED) is 0.185. The molecule has 1 aromatic heterocycles. The molecule has 0 amide bonds. The number of benzene rings is 8. The van der Waals surface area contributed by atoms with Gasteiger partial charge in [0, 0.05) is 33.1 Å². The predicted molar refractivity (Wildman–Crippen MR) is 202 cm³/mol. The number of furan rings is 1. The van der Waals surface area contributed by atoms with E-state index in [1.165, 1.54) is 33.0 Å². The van der Waals surface area contributed by atoms with Gasteiger partial charge < -0.3 is 9.32 Å². The Labute approximate surface area is 279 Å². The summed E-state index contributed by atoms with van der Waals surface area (Å²) in [6.45, 7) is 0. The number of anilines is 3. The van der Waals surface area contributed by atoms with E-state index in [0.717, 1.165) is 50.1 Å². The number of fused-ring (bicyclic) bond motifs is 4. The predicted octanol–water partition coefficient (Wildman–Crippen LogP) is 13.2. The standard InChI is InChI=1S/C46H31NO/c1-2-11-32(12-3-1)36-15-8-16-37(31-36)33-23-27-38(28-24-33)47(44-21-9-14-34-13-4-5-17-40(34)44)39-29-25-35(26-30-39)41-19-10-20-43-42-18-6-7-22-45(42)48-46(41)43/h1-31H. The second kappa shape index (κ2) is 11.8. The molecule has 1 heterocycles. The number of nitrogens with zero attached hydrogens (tertiary/aromatic N) is 1. The van der Waals surface area contributed by atoms with Crippen LogP contribution in [0.1, 0.15) is 0 Å². The van der Waals surface area contributed by atoms with E-state index in [1.807, 2.05) is 12.1 Å². The Hall–Kier alpha value is -6.38. The van der Waals surface area contributed by atoms with E-state index >= 15 is 0 Å². The van der Waals surface area contributed by atoms with Crippen LogP contribution in [0.2, 0.25) is 0 Å². The Balaban J connectivity index is 1.13. The lowest BCUT2D eigenvalue weighted by Crippen LogP contribution is -2.10. The van der Waals surface area contributed by atoms with Gasteiger partial charge in [-0.25, -0.2) is 0 Å². The largest absolute Gasteiger partial charge is 0.455 e. The molecule has 0 unspecified atom stereocenters. The average Bonchev–Trinajstić information content (AvgIpc) is 3.55. The fourth-order valence-corrected chi connectivity index (χ4v) is 6.91. The van der Waals surface area contributed by atoms with Gasteiger partial charge >= 0.3 is 0 Å². The Morgan fingerprint density at radius 1 is 0.354 bits per heavy atom. The molecule has 8 aromatic carbocycles. The molecule has 0 aliphatic heterocycles. The molecule has 0 aliphatic rings. The van der Waals surface area contributed by atoms with E-state index in [4.69, 9.17) is 4.42 Å². The minimum atomic E-state index is 0.911. The van der Waals surface area contributed by atoms with Gasteiger partial charge in [-0.15, -0.1) is 0 Å². The Morgan fingerprint density at radius 2 is 0.896 bits per heavy atom. The Kier molecular flexibility index (Phi) is 6.84. The molecular weight excluding hydrogens is 583 g/mol. The smallest absolute Gasteiger partial charge is 0.143 e. The number of para-hydroxylation sites is 2. The second-order valence-electron chi connectivity index (χ2n) is 12.2. The summed E-state index contributed by atoms with van der Waals surface area (Å²) in [4.78, 5) is 2.36. The second-order valence-corrected chi connectivity index (χ2v) is 12.2. The molecule has 9 aromatic rings. The van der Waals surface area contributed by atoms with Crippen molar-refractivity contribution in [1.29, 1.82) is 0 Å². The zero-order valence-corrected chi connectivity index (χ0v) is 26.3. The number of hydrogen-bond acceptors (Lipinski definition) is 2. The number of rotatable bonds is 6. The van der Waals surface area contributed by atoms with Crippen LogP contribution in [0.15, 0.2) is 192 Å². The molecule has 2 heteroatoms. The molecule has 9 rings (SSSR count). The van der Waals surface area contributed by atoms with Crippen LogP contribution in [0.25, 0.3) is 66.1 Å². The summed E-state index contributed by atoms with van der Waals surface area (Å²) in [6, 6.07) is 66.9. The molecule has 0 spiro atoms. The van der Waals surface area contributed by atoms with Crippen LogP contribution >= 0.6 is 0 Å². The van der Waals surface area contributed by atoms with E-state index in [9.17, 15) is 0 Å². The van der Waals surface area contributed by atoms with Crippen molar-refractivity contribution < 1.29 is 4.42 Å². The molecular formula is C46H31NO. The van der Waals surface area contributed by atoms with Gasteiger partial charge in [0.15, 0.2) is 0 Å². The van der Waals surface area contributed by atoms with Gasteiger partial charge in [0.2, 0.25) is 0 Å². The molecule has 0 fully saturated rings. The minimum absolute atomic E-state index is 0.911. The summed E-state index contributed by atoms with van der Waals surface area (Å²) < 4.78 is 6.37. The van der Waals surface area contributed by atoms with Crippen LogP contribution in [0.4, 0.5) is 17.1 Å². The lowest BCUT2D eigenvalue weighted by molar-refractivity contribution is 0.670. The van der Waals surface area contributed by atoms with Crippen molar-refractivity contribution in [1.82, 2.24) is 0 Å². The Bertz CT molecular complexity index is 2540. The van der Waals surface area contributed by atoms with Gasteiger partial charge in [-0.05, 0) is 75.7 Å². The third kappa shape index (κ3) is 4.92. The van der Waals surface area contributed by atoms with Crippen molar-refractivity contribution in [3.8, 4) is 33.4 Å². The highest BCUT2D eigenvalue weighted by Crippen LogP contribution is 2.41. The van der Waals surface area contributed by atoms with Crippen molar-refractivity contribution in [2.24, 2.45) is 0 Å². The van der Waals surface area contributed by atoms with Gasteiger partial charge in [0.25, 0.3) is 0 Å². The first-order valence-corrected chi connectivity index (χ1v) is 16.3. The minimum Gasteiger partial charge on any atom is -0.455 e. The van der Waals surface area contributed by atoms with E-state index < -0.39 is 0 Å². The molecule has 226 valence electrons. The highest BCUT2D eigenvalue weighted by molar-refractivity contribution is 6.09. The fourth-order valence-electron chi connectivity index (χ4n) is 6.91. The van der Waals surface area contributed by atoms with Crippen molar-refractivity contribution in [2.75, 3.05) is 4.90 Å². The summed E-state index contributed by atoms with van der Waals surface area (Å²) in [7, 11) is 0. The zero-order valence-electron chi connectivity index (χ0n) is 26.3. The van der Waals surface area contributed by atoms with Crippen LogP contribution in [0.3, 0.4) is 0 Å². The maximum atomic E-state index is 6.37. The van der Waals surface area contributed by atoms with E-state index in [1.54, 1.807) is 0 Å². The molecule has 2 nitrogen and oxygen atoms in total. The van der Waals surface area contributed by atoms with Gasteiger partial charge in [0.05, 0.1) is 5.69 Å². The van der Waals surface area contributed by atoms with E-state index in [2.05, 4.69) is 181 Å². The van der Waals surface area contributed by atoms with Gasteiger partial charge in [-0.1, -0.05) is 146 Å². The topological polar surface area (TPSA) is 16.4 Å². The molecule has 0 saturated heterocycles. The molecule has 0 bridgehead atoms. The highest BCUT2D eigenvalue weighted by Gasteiger charge is 2.17. The summed E-state index contributed by atoms with van der Waals surface area (Å²) in [5, 5.41) is 4.69. The molecule has 0 saturated carbocycles. The lowest BCUT2D eigenvalue weighted by atomic mass is 9.98. The van der Waals surface area contributed by atoms with Crippen molar-refractivity contribution in [3.63, 3.8) is 0 Å². The first-order valence-electron chi connectivity index (χ1n) is 16.3. The van der Waals surface area contributed by atoms with Crippen molar-refractivity contribution in [2.45, 2.75) is 0 Å². The van der Waals surface area contributed by atoms with Crippen molar-refractivity contribution in [3.05, 3.63) is 188 Å². The SMILES string of the molecule is c1ccc(-c2cccc(-c3ccc(N(c4ccc(-c5cccc6c5oc5ccccc56)cc4)c4cccc5ccccc45)cc3)c2)cc1. The maximum Gasteiger partial charge on any atom is 0.143 e. The normalized spacial score (nSPS) is 11.3. The molecule has 48 heavy (non-hydrogen) atoms. The van der Waals surface area contributed by atoms with Crippen LogP contribution in [-0.4, -0.2) is 0 Å². The van der Waals surface area contributed by atoms with Crippen LogP contribution in [0, 0.1) is 0 Å². The summed E-state index contributed by atoms with van der Waals surface area (Å²) in [5.41, 5.74) is 12.2. The third-order valence-corrected chi connectivity index (χ3v) is 9.28. The monoisotopic (exact) mass is 613 g/mol. The highest BCUT2D eigenvalue weighted by atomic mass is 16.3.